The maximum absolute atomic E-state index is 5.92. The van der Waals surface area contributed by atoms with Gasteiger partial charge in [0.15, 0.2) is 0 Å². The summed E-state index contributed by atoms with van der Waals surface area (Å²) in [5.74, 6) is 0.624. The van der Waals surface area contributed by atoms with Crippen molar-refractivity contribution in [1.82, 2.24) is 15.3 Å². The van der Waals surface area contributed by atoms with E-state index < -0.39 is 0 Å². The molecule has 2 rings (SSSR count). The number of aromatic nitrogens is 2. The molecule has 0 saturated carbocycles. The smallest absolute Gasteiger partial charge is 0.224 e. The molecule has 0 bridgehead atoms. The maximum atomic E-state index is 5.92. The van der Waals surface area contributed by atoms with Gasteiger partial charge in [0.2, 0.25) is 5.95 Å². The molecule has 0 aromatic carbocycles. The summed E-state index contributed by atoms with van der Waals surface area (Å²) in [7, 11) is 0. The van der Waals surface area contributed by atoms with Crippen LogP contribution in [0.1, 0.15) is 18.4 Å². The Balaban J connectivity index is 0.00000128. The van der Waals surface area contributed by atoms with Crippen LogP contribution in [0.2, 0.25) is 5.15 Å². The fourth-order valence-corrected chi connectivity index (χ4v) is 1.78. The first-order chi connectivity index (χ1) is 7.25. The Labute approximate surface area is 107 Å². The van der Waals surface area contributed by atoms with Crippen LogP contribution >= 0.6 is 24.0 Å². The molecule has 16 heavy (non-hydrogen) atoms. The zero-order valence-electron chi connectivity index (χ0n) is 9.16. The Morgan fingerprint density at radius 1 is 1.56 bits per heavy atom. The first kappa shape index (κ1) is 13.5. The van der Waals surface area contributed by atoms with Crippen molar-refractivity contribution in [2.45, 2.75) is 25.8 Å². The first-order valence-corrected chi connectivity index (χ1v) is 5.60. The van der Waals surface area contributed by atoms with Gasteiger partial charge in [0.25, 0.3) is 0 Å². The third-order valence-corrected chi connectivity index (χ3v) is 2.92. The van der Waals surface area contributed by atoms with Crippen LogP contribution in [0, 0.1) is 6.92 Å². The molecular weight excluding hydrogens is 247 g/mol. The van der Waals surface area contributed by atoms with Crippen molar-refractivity contribution in [3.63, 3.8) is 0 Å². The molecule has 1 aliphatic rings. The van der Waals surface area contributed by atoms with E-state index in [-0.39, 0.29) is 12.4 Å². The number of piperidine rings is 1. The molecule has 1 aliphatic heterocycles. The Morgan fingerprint density at radius 2 is 2.38 bits per heavy atom. The van der Waals surface area contributed by atoms with Crippen LogP contribution in [-0.2, 0) is 0 Å². The van der Waals surface area contributed by atoms with Gasteiger partial charge in [-0.05, 0) is 26.3 Å². The summed E-state index contributed by atoms with van der Waals surface area (Å²) < 4.78 is 0. The van der Waals surface area contributed by atoms with E-state index in [1.807, 2.05) is 6.92 Å². The van der Waals surface area contributed by atoms with Crippen LogP contribution < -0.4 is 10.6 Å². The number of halogens is 2. The van der Waals surface area contributed by atoms with Gasteiger partial charge in [0, 0.05) is 24.3 Å². The van der Waals surface area contributed by atoms with Gasteiger partial charge in [-0.1, -0.05) is 11.6 Å². The van der Waals surface area contributed by atoms with Crippen molar-refractivity contribution >= 4 is 30.0 Å². The Kier molecular flexibility index (Phi) is 5.25. The van der Waals surface area contributed by atoms with Crippen LogP contribution in [0.15, 0.2) is 6.20 Å². The van der Waals surface area contributed by atoms with Crippen molar-refractivity contribution in [3.8, 4) is 0 Å². The number of hydrogen-bond donors (Lipinski definition) is 2. The van der Waals surface area contributed by atoms with Crippen LogP contribution in [-0.4, -0.2) is 29.1 Å². The van der Waals surface area contributed by atoms with Gasteiger partial charge in [0.05, 0.1) is 0 Å². The van der Waals surface area contributed by atoms with E-state index in [4.69, 9.17) is 11.6 Å². The van der Waals surface area contributed by atoms with E-state index in [9.17, 15) is 0 Å². The molecule has 6 heteroatoms. The van der Waals surface area contributed by atoms with E-state index in [1.165, 1.54) is 6.42 Å². The van der Waals surface area contributed by atoms with Crippen LogP contribution in [0.25, 0.3) is 0 Å². The summed E-state index contributed by atoms with van der Waals surface area (Å²) in [6, 6.07) is 0.414. The summed E-state index contributed by atoms with van der Waals surface area (Å²) in [5, 5.41) is 7.13. The minimum atomic E-state index is 0. The molecule has 1 aromatic heterocycles. The quantitative estimate of drug-likeness (QED) is 0.801. The molecule has 2 heterocycles. The number of nitrogens with zero attached hydrogens (tertiary/aromatic N) is 2. The predicted molar refractivity (Wildman–Crippen MR) is 68.5 cm³/mol. The summed E-state index contributed by atoms with van der Waals surface area (Å²) in [6.07, 6.45) is 4.09. The number of rotatable bonds is 2. The maximum Gasteiger partial charge on any atom is 0.224 e. The second-order valence-corrected chi connectivity index (χ2v) is 4.21. The lowest BCUT2D eigenvalue weighted by atomic mass is 10.1. The number of hydrogen-bond acceptors (Lipinski definition) is 4. The molecule has 0 aliphatic carbocycles. The van der Waals surface area contributed by atoms with E-state index in [0.717, 1.165) is 25.1 Å². The zero-order chi connectivity index (χ0) is 10.7. The molecule has 4 nitrogen and oxygen atoms in total. The minimum absolute atomic E-state index is 0. The standard InChI is InChI=1S/C10H15ClN4.ClH/c1-7-5-13-10(15-9(7)11)14-8-3-2-4-12-6-8;/h5,8,12H,2-4,6H2,1H3,(H,13,14,15);1H/t8-;/m1./s1. The van der Waals surface area contributed by atoms with E-state index in [2.05, 4.69) is 20.6 Å². The van der Waals surface area contributed by atoms with Gasteiger partial charge >= 0.3 is 0 Å². The molecule has 1 fully saturated rings. The van der Waals surface area contributed by atoms with E-state index >= 15 is 0 Å². The lowest BCUT2D eigenvalue weighted by Crippen LogP contribution is -2.38. The third-order valence-electron chi connectivity index (χ3n) is 2.54. The van der Waals surface area contributed by atoms with Gasteiger partial charge in [-0.3, -0.25) is 0 Å². The van der Waals surface area contributed by atoms with Gasteiger partial charge in [-0.25, -0.2) is 9.97 Å². The molecule has 0 unspecified atom stereocenters. The number of aryl methyl sites for hydroxylation is 1. The lowest BCUT2D eigenvalue weighted by molar-refractivity contribution is 0.478. The highest BCUT2D eigenvalue weighted by Gasteiger charge is 2.13. The molecule has 2 N–H and O–H groups in total. The Morgan fingerprint density at radius 3 is 3.00 bits per heavy atom. The number of nitrogens with one attached hydrogen (secondary N) is 2. The van der Waals surface area contributed by atoms with Crippen molar-refractivity contribution in [3.05, 3.63) is 16.9 Å². The van der Waals surface area contributed by atoms with Gasteiger partial charge in [0.1, 0.15) is 5.15 Å². The molecule has 1 atom stereocenters. The molecule has 1 aromatic rings. The lowest BCUT2D eigenvalue weighted by Gasteiger charge is -2.23. The second-order valence-electron chi connectivity index (χ2n) is 3.86. The summed E-state index contributed by atoms with van der Waals surface area (Å²) in [4.78, 5) is 8.38. The molecule has 0 spiro atoms. The molecule has 1 saturated heterocycles. The fraction of sp³-hybridized carbons (Fsp3) is 0.600. The fourth-order valence-electron chi connectivity index (χ4n) is 1.65. The van der Waals surface area contributed by atoms with E-state index in [1.54, 1.807) is 6.20 Å². The monoisotopic (exact) mass is 262 g/mol. The van der Waals surface area contributed by atoms with Crippen molar-refractivity contribution in [1.29, 1.82) is 0 Å². The SMILES string of the molecule is Cc1cnc(N[C@@H]2CCCNC2)nc1Cl.Cl. The summed E-state index contributed by atoms with van der Waals surface area (Å²) in [6.45, 7) is 3.97. The highest BCUT2D eigenvalue weighted by molar-refractivity contribution is 6.30. The Hall–Kier alpha value is -0.580. The van der Waals surface area contributed by atoms with Crippen LogP contribution in [0.5, 0.6) is 0 Å². The van der Waals surface area contributed by atoms with Crippen molar-refractivity contribution < 1.29 is 0 Å². The number of anilines is 1. The average Bonchev–Trinajstić information content (AvgIpc) is 2.25. The van der Waals surface area contributed by atoms with Crippen LogP contribution in [0.4, 0.5) is 5.95 Å². The Bertz CT molecular complexity index is 340. The van der Waals surface area contributed by atoms with Crippen molar-refractivity contribution in [2.75, 3.05) is 18.4 Å². The first-order valence-electron chi connectivity index (χ1n) is 5.22. The summed E-state index contributed by atoms with van der Waals surface area (Å²) in [5.41, 5.74) is 0.906. The topological polar surface area (TPSA) is 49.8 Å². The summed E-state index contributed by atoms with van der Waals surface area (Å²) >= 11 is 5.92. The molecule has 0 radical (unpaired) electrons. The van der Waals surface area contributed by atoms with Gasteiger partial charge in [-0.2, -0.15) is 0 Å². The zero-order valence-corrected chi connectivity index (χ0v) is 10.7. The highest BCUT2D eigenvalue weighted by atomic mass is 35.5. The van der Waals surface area contributed by atoms with Crippen LogP contribution in [0.3, 0.4) is 0 Å². The molecule has 90 valence electrons. The highest BCUT2D eigenvalue weighted by Crippen LogP contribution is 2.14. The second kappa shape index (κ2) is 6.23. The van der Waals surface area contributed by atoms with Gasteiger partial charge in [-0.15, -0.1) is 12.4 Å². The predicted octanol–water partition coefficient (Wildman–Crippen LogP) is 2.02. The van der Waals surface area contributed by atoms with Crippen molar-refractivity contribution in [2.24, 2.45) is 0 Å². The van der Waals surface area contributed by atoms with E-state index in [0.29, 0.717) is 17.1 Å². The molecular formula is C10H16Cl2N4. The largest absolute Gasteiger partial charge is 0.350 e. The normalized spacial score (nSPS) is 20.0. The third kappa shape index (κ3) is 3.47. The minimum Gasteiger partial charge on any atom is -0.350 e. The molecule has 0 amide bonds. The van der Waals surface area contributed by atoms with Gasteiger partial charge < -0.3 is 10.6 Å². The average molecular weight is 263 g/mol.